The second-order valence-corrected chi connectivity index (χ2v) is 8.82. The average molecular weight is 372 g/mol. The van der Waals surface area contributed by atoms with Gasteiger partial charge >= 0.3 is 0 Å². The minimum absolute atomic E-state index is 0.0873. The number of benzene rings is 1. The Labute approximate surface area is 151 Å². The normalized spacial score (nSPS) is 13.0. The Morgan fingerprint density at radius 2 is 2.21 bits per heavy atom. The summed E-state index contributed by atoms with van der Waals surface area (Å²) < 4.78 is 2.02. The molecule has 7 heteroatoms. The molecule has 0 aliphatic heterocycles. The third kappa shape index (κ3) is 2.93. The molecule has 24 heavy (non-hydrogen) atoms. The van der Waals surface area contributed by atoms with E-state index in [0.29, 0.717) is 16.3 Å². The number of thiazole rings is 1. The van der Waals surface area contributed by atoms with Gasteiger partial charge in [0.1, 0.15) is 11.1 Å². The van der Waals surface area contributed by atoms with E-state index < -0.39 is 0 Å². The number of para-hydroxylation sites is 1. The number of thiophene rings is 1. The van der Waals surface area contributed by atoms with Crippen LogP contribution in [-0.4, -0.2) is 16.6 Å². The zero-order valence-electron chi connectivity index (χ0n) is 12.7. The van der Waals surface area contributed by atoms with Gasteiger partial charge in [0.05, 0.1) is 21.5 Å². The third-order valence-corrected chi connectivity index (χ3v) is 7.27. The fourth-order valence-corrected chi connectivity index (χ4v) is 5.94. The lowest BCUT2D eigenvalue weighted by Crippen LogP contribution is -2.13. The number of hydrogen-bond acceptors (Lipinski definition) is 6. The van der Waals surface area contributed by atoms with Gasteiger partial charge in [-0.2, -0.15) is 5.26 Å². The summed E-state index contributed by atoms with van der Waals surface area (Å²) in [5.74, 6) is 0.212. The number of nitrogens with zero attached hydrogens (tertiary/aromatic N) is 2. The topological polar surface area (TPSA) is 65.8 Å². The summed E-state index contributed by atoms with van der Waals surface area (Å²) in [5, 5.41) is 13.0. The first-order chi connectivity index (χ1) is 11.7. The number of nitrogens with one attached hydrogen (secondary N) is 1. The number of aryl methyl sites for hydroxylation is 1. The van der Waals surface area contributed by atoms with Crippen LogP contribution in [0.4, 0.5) is 5.00 Å². The molecule has 0 radical (unpaired) electrons. The Bertz CT molecular complexity index is 934. The van der Waals surface area contributed by atoms with Crippen molar-refractivity contribution in [2.75, 3.05) is 11.1 Å². The van der Waals surface area contributed by atoms with Gasteiger partial charge in [0, 0.05) is 4.88 Å². The van der Waals surface area contributed by atoms with E-state index in [0.717, 1.165) is 39.4 Å². The Balaban J connectivity index is 1.43. The molecule has 0 unspecified atom stereocenters. The predicted octanol–water partition coefficient (Wildman–Crippen LogP) is 4.45. The average Bonchev–Trinajstić information content (AvgIpc) is 3.26. The lowest BCUT2D eigenvalue weighted by Gasteiger charge is -2.02. The fraction of sp³-hybridized carbons (Fsp3) is 0.235. The van der Waals surface area contributed by atoms with E-state index in [-0.39, 0.29) is 5.91 Å². The van der Waals surface area contributed by atoms with Gasteiger partial charge in [-0.05, 0) is 37.0 Å². The zero-order valence-corrected chi connectivity index (χ0v) is 15.1. The highest BCUT2D eigenvalue weighted by Crippen LogP contribution is 2.38. The van der Waals surface area contributed by atoms with E-state index in [4.69, 9.17) is 0 Å². The van der Waals surface area contributed by atoms with E-state index in [1.807, 2.05) is 24.3 Å². The minimum atomic E-state index is -0.0873. The summed E-state index contributed by atoms with van der Waals surface area (Å²) >= 11 is 4.58. The van der Waals surface area contributed by atoms with Crippen LogP contribution >= 0.6 is 34.4 Å². The van der Waals surface area contributed by atoms with E-state index in [1.165, 1.54) is 16.6 Å². The molecule has 4 rings (SSSR count). The van der Waals surface area contributed by atoms with Gasteiger partial charge in [0.2, 0.25) is 5.91 Å². The Morgan fingerprint density at radius 1 is 1.33 bits per heavy atom. The number of fused-ring (bicyclic) bond motifs is 2. The summed E-state index contributed by atoms with van der Waals surface area (Å²) in [6, 6.07) is 10.2. The van der Waals surface area contributed by atoms with Crippen molar-refractivity contribution in [3.05, 3.63) is 40.3 Å². The molecule has 1 aromatic carbocycles. The van der Waals surface area contributed by atoms with Crippen molar-refractivity contribution >= 4 is 55.6 Å². The monoisotopic (exact) mass is 371 g/mol. The number of carbonyl (C=O) groups excluding carboxylic acids is 1. The summed E-state index contributed by atoms with van der Waals surface area (Å²) in [6.45, 7) is 0. The van der Waals surface area contributed by atoms with Crippen LogP contribution in [0.3, 0.4) is 0 Å². The highest BCUT2D eigenvalue weighted by atomic mass is 32.2. The van der Waals surface area contributed by atoms with Crippen LogP contribution in [0.25, 0.3) is 10.2 Å². The molecule has 0 fully saturated rings. The summed E-state index contributed by atoms with van der Waals surface area (Å²) in [5.41, 5.74) is 2.76. The molecule has 0 saturated carbocycles. The van der Waals surface area contributed by atoms with Crippen molar-refractivity contribution in [2.45, 2.75) is 23.6 Å². The van der Waals surface area contributed by atoms with Gasteiger partial charge in [-0.25, -0.2) is 4.98 Å². The quantitative estimate of drug-likeness (QED) is 0.688. The lowest BCUT2D eigenvalue weighted by atomic mass is 10.1. The van der Waals surface area contributed by atoms with Crippen molar-refractivity contribution < 1.29 is 4.79 Å². The van der Waals surface area contributed by atoms with Crippen molar-refractivity contribution in [3.63, 3.8) is 0 Å². The largest absolute Gasteiger partial charge is 0.316 e. The minimum Gasteiger partial charge on any atom is -0.316 e. The highest BCUT2D eigenvalue weighted by molar-refractivity contribution is 8.01. The first-order valence-electron chi connectivity index (χ1n) is 7.57. The second-order valence-electron chi connectivity index (χ2n) is 5.46. The number of carbonyl (C=O) groups is 1. The number of anilines is 1. The molecule has 0 saturated heterocycles. The van der Waals surface area contributed by atoms with Gasteiger partial charge in [-0.1, -0.05) is 23.9 Å². The van der Waals surface area contributed by atoms with E-state index in [1.54, 1.807) is 22.7 Å². The number of aromatic nitrogens is 1. The maximum Gasteiger partial charge on any atom is 0.235 e. The smallest absolute Gasteiger partial charge is 0.235 e. The van der Waals surface area contributed by atoms with Crippen LogP contribution in [0.5, 0.6) is 0 Å². The molecule has 2 aromatic heterocycles. The van der Waals surface area contributed by atoms with Gasteiger partial charge in [0.15, 0.2) is 4.34 Å². The molecular weight excluding hydrogens is 358 g/mol. The van der Waals surface area contributed by atoms with Crippen LogP contribution in [0, 0.1) is 11.3 Å². The molecule has 0 spiro atoms. The number of nitriles is 1. The summed E-state index contributed by atoms with van der Waals surface area (Å²) in [7, 11) is 0. The molecule has 1 aliphatic carbocycles. The standard InChI is InChI=1S/C17H13N3OS3/c18-8-11-10-4-3-7-13(10)23-16(11)20-15(21)9-22-17-19-12-5-1-2-6-14(12)24-17/h1-2,5-6H,3-4,7,9H2,(H,20,21). The van der Waals surface area contributed by atoms with Gasteiger partial charge in [0.25, 0.3) is 0 Å². The molecule has 0 bridgehead atoms. The fourth-order valence-electron chi connectivity index (χ4n) is 2.81. The van der Waals surface area contributed by atoms with E-state index >= 15 is 0 Å². The maximum absolute atomic E-state index is 12.2. The highest BCUT2D eigenvalue weighted by Gasteiger charge is 2.23. The number of amides is 1. The van der Waals surface area contributed by atoms with Crippen molar-refractivity contribution in [2.24, 2.45) is 0 Å². The van der Waals surface area contributed by atoms with Crippen molar-refractivity contribution in [1.29, 1.82) is 5.26 Å². The van der Waals surface area contributed by atoms with Crippen LogP contribution < -0.4 is 5.32 Å². The third-order valence-electron chi connectivity index (χ3n) is 3.89. The van der Waals surface area contributed by atoms with E-state index in [9.17, 15) is 10.1 Å². The van der Waals surface area contributed by atoms with Crippen LogP contribution in [0.15, 0.2) is 28.6 Å². The molecule has 1 aliphatic rings. The zero-order chi connectivity index (χ0) is 16.5. The van der Waals surface area contributed by atoms with Crippen LogP contribution in [0.2, 0.25) is 0 Å². The molecular formula is C17H13N3OS3. The molecule has 4 nitrogen and oxygen atoms in total. The van der Waals surface area contributed by atoms with E-state index in [2.05, 4.69) is 16.4 Å². The Kier molecular flexibility index (Phi) is 4.27. The SMILES string of the molecule is N#Cc1c(NC(=O)CSc2nc3ccccc3s2)sc2c1CCC2. The number of hydrogen-bond donors (Lipinski definition) is 1. The molecule has 0 atom stereocenters. The Hall–Kier alpha value is -1.88. The van der Waals surface area contributed by atoms with Gasteiger partial charge in [-0.15, -0.1) is 22.7 Å². The molecule has 1 N–H and O–H groups in total. The summed E-state index contributed by atoms with van der Waals surface area (Å²) in [4.78, 5) is 18.0. The van der Waals surface area contributed by atoms with Gasteiger partial charge < -0.3 is 5.32 Å². The predicted molar refractivity (Wildman–Crippen MR) is 100 cm³/mol. The molecule has 3 aromatic rings. The lowest BCUT2D eigenvalue weighted by molar-refractivity contribution is -0.113. The first-order valence-corrected chi connectivity index (χ1v) is 10.2. The molecule has 1 amide bonds. The van der Waals surface area contributed by atoms with Crippen molar-refractivity contribution in [1.82, 2.24) is 4.98 Å². The Morgan fingerprint density at radius 3 is 3.04 bits per heavy atom. The summed E-state index contributed by atoms with van der Waals surface area (Å²) in [6.07, 6.45) is 3.08. The second kappa shape index (κ2) is 6.55. The van der Waals surface area contributed by atoms with Crippen LogP contribution in [0.1, 0.15) is 22.4 Å². The van der Waals surface area contributed by atoms with Gasteiger partial charge in [-0.3, -0.25) is 4.79 Å². The number of thioether (sulfide) groups is 1. The van der Waals surface area contributed by atoms with Crippen molar-refractivity contribution in [3.8, 4) is 6.07 Å². The molecule has 120 valence electrons. The maximum atomic E-state index is 12.2. The molecule has 2 heterocycles. The van der Waals surface area contributed by atoms with Crippen LogP contribution in [-0.2, 0) is 17.6 Å². The number of rotatable bonds is 4. The first kappa shape index (κ1) is 15.6.